The molecule has 1 atom stereocenters. The lowest BCUT2D eigenvalue weighted by Crippen LogP contribution is -2.43. The Hall–Kier alpha value is -2.41. The zero-order chi connectivity index (χ0) is 19.3. The highest BCUT2D eigenvalue weighted by Gasteiger charge is 2.32. The van der Waals surface area contributed by atoms with Crippen LogP contribution in [0.1, 0.15) is 55.4 Å². The van der Waals surface area contributed by atoms with E-state index >= 15 is 0 Å². The Morgan fingerprint density at radius 1 is 1.32 bits per heavy atom. The number of hydrogen-bond acceptors (Lipinski definition) is 6. The van der Waals surface area contributed by atoms with Crippen LogP contribution in [0.3, 0.4) is 0 Å². The molecular formula is C21H27N3O4. The summed E-state index contributed by atoms with van der Waals surface area (Å²) in [6.07, 6.45) is 6.21. The summed E-state index contributed by atoms with van der Waals surface area (Å²) in [6, 6.07) is 7.80. The minimum atomic E-state index is -0.306. The summed E-state index contributed by atoms with van der Waals surface area (Å²) in [6.45, 7) is 3.22. The molecule has 28 heavy (non-hydrogen) atoms. The largest absolute Gasteiger partial charge is 0.490 e. The lowest BCUT2D eigenvalue weighted by Gasteiger charge is -2.33. The van der Waals surface area contributed by atoms with Crippen molar-refractivity contribution in [1.29, 1.82) is 0 Å². The van der Waals surface area contributed by atoms with Crippen molar-refractivity contribution in [2.75, 3.05) is 19.8 Å². The Bertz CT molecular complexity index is 800. The van der Waals surface area contributed by atoms with Crippen LogP contribution in [-0.4, -0.2) is 46.8 Å². The second kappa shape index (κ2) is 8.73. The number of carbonyl (C=O) groups excluding carboxylic acids is 1. The molecule has 2 aromatic rings. The highest BCUT2D eigenvalue weighted by molar-refractivity contribution is 5.77. The highest BCUT2D eigenvalue weighted by atomic mass is 16.5. The van der Waals surface area contributed by atoms with Crippen LogP contribution in [0.5, 0.6) is 5.75 Å². The first-order valence-electron chi connectivity index (χ1n) is 10.1. The molecule has 2 fully saturated rings. The van der Waals surface area contributed by atoms with Gasteiger partial charge in [0.15, 0.2) is 5.82 Å². The third-order valence-corrected chi connectivity index (χ3v) is 5.41. The Labute approximate surface area is 165 Å². The summed E-state index contributed by atoms with van der Waals surface area (Å²) in [5.74, 6) is 1.98. The van der Waals surface area contributed by atoms with Crippen molar-refractivity contribution in [3.05, 3.63) is 41.5 Å². The van der Waals surface area contributed by atoms with E-state index in [4.69, 9.17) is 14.0 Å². The summed E-state index contributed by atoms with van der Waals surface area (Å²) in [5, 5.41) is 3.84. The van der Waals surface area contributed by atoms with Gasteiger partial charge in [-0.1, -0.05) is 17.3 Å². The predicted molar refractivity (Wildman–Crippen MR) is 102 cm³/mol. The topological polar surface area (TPSA) is 77.7 Å². The first-order chi connectivity index (χ1) is 13.7. The standard InChI is InChI=1S/C21H27N3O4/c1-15-22-21(28-23-15)19-14-26-12-11-24(19)20(25)10-9-16-5-4-8-18(13-16)27-17-6-2-3-7-17/h4-5,8,13,17,19H,2-3,6-7,9-12,14H2,1H3/t19-/m1/s1. The summed E-state index contributed by atoms with van der Waals surface area (Å²) in [7, 11) is 0. The number of aryl methyl sites for hydroxylation is 2. The zero-order valence-corrected chi connectivity index (χ0v) is 16.3. The number of benzene rings is 1. The monoisotopic (exact) mass is 385 g/mol. The van der Waals surface area contributed by atoms with Crippen LogP contribution in [0, 0.1) is 6.92 Å². The maximum atomic E-state index is 12.9. The van der Waals surface area contributed by atoms with E-state index in [0.29, 0.717) is 50.4 Å². The van der Waals surface area contributed by atoms with Gasteiger partial charge in [-0.3, -0.25) is 4.79 Å². The van der Waals surface area contributed by atoms with Gasteiger partial charge in [-0.25, -0.2) is 0 Å². The molecule has 1 aliphatic heterocycles. The third kappa shape index (κ3) is 4.52. The number of aromatic nitrogens is 2. The van der Waals surface area contributed by atoms with Crippen LogP contribution in [0.4, 0.5) is 0 Å². The predicted octanol–water partition coefficient (Wildman–Crippen LogP) is 3.23. The molecule has 4 rings (SSSR count). The molecule has 0 unspecified atom stereocenters. The molecule has 1 amide bonds. The van der Waals surface area contributed by atoms with Gasteiger partial charge in [-0.2, -0.15) is 4.98 Å². The second-order valence-electron chi connectivity index (χ2n) is 7.53. The lowest BCUT2D eigenvalue weighted by atomic mass is 10.1. The molecule has 2 heterocycles. The molecule has 1 saturated carbocycles. The molecule has 7 nitrogen and oxygen atoms in total. The Balaban J connectivity index is 1.36. The molecule has 7 heteroatoms. The van der Waals surface area contributed by atoms with Crippen molar-refractivity contribution in [3.8, 4) is 5.75 Å². The van der Waals surface area contributed by atoms with Crippen molar-refractivity contribution < 1.29 is 18.8 Å². The van der Waals surface area contributed by atoms with Gasteiger partial charge in [0.05, 0.1) is 19.3 Å². The summed E-state index contributed by atoms with van der Waals surface area (Å²) < 4.78 is 16.9. The summed E-state index contributed by atoms with van der Waals surface area (Å²) in [5.41, 5.74) is 1.11. The molecule has 1 aliphatic carbocycles. The fourth-order valence-electron chi connectivity index (χ4n) is 3.92. The van der Waals surface area contributed by atoms with Crippen LogP contribution in [0.25, 0.3) is 0 Å². The van der Waals surface area contributed by atoms with E-state index in [0.717, 1.165) is 24.2 Å². The quantitative estimate of drug-likeness (QED) is 0.760. The van der Waals surface area contributed by atoms with Gasteiger partial charge in [0.2, 0.25) is 5.91 Å². The number of ether oxygens (including phenoxy) is 2. The van der Waals surface area contributed by atoms with Crippen LogP contribution in [0.2, 0.25) is 0 Å². The van der Waals surface area contributed by atoms with Gasteiger partial charge in [-0.05, 0) is 56.7 Å². The van der Waals surface area contributed by atoms with E-state index in [1.54, 1.807) is 11.8 Å². The van der Waals surface area contributed by atoms with E-state index in [1.807, 2.05) is 18.2 Å². The Morgan fingerprint density at radius 2 is 2.18 bits per heavy atom. The van der Waals surface area contributed by atoms with Crippen molar-refractivity contribution in [1.82, 2.24) is 15.0 Å². The van der Waals surface area contributed by atoms with E-state index < -0.39 is 0 Å². The Kier molecular flexibility index (Phi) is 5.90. The van der Waals surface area contributed by atoms with Crippen molar-refractivity contribution in [2.45, 2.75) is 57.6 Å². The van der Waals surface area contributed by atoms with Crippen molar-refractivity contribution in [2.24, 2.45) is 0 Å². The van der Waals surface area contributed by atoms with Gasteiger partial charge in [-0.15, -0.1) is 0 Å². The fourth-order valence-corrected chi connectivity index (χ4v) is 3.92. The maximum absolute atomic E-state index is 12.9. The number of nitrogens with zero attached hydrogens (tertiary/aromatic N) is 3. The van der Waals surface area contributed by atoms with Crippen LogP contribution >= 0.6 is 0 Å². The number of rotatable bonds is 6. The number of morpholine rings is 1. The van der Waals surface area contributed by atoms with Gasteiger partial charge < -0.3 is 18.9 Å². The zero-order valence-electron chi connectivity index (χ0n) is 16.3. The number of hydrogen-bond donors (Lipinski definition) is 0. The second-order valence-corrected chi connectivity index (χ2v) is 7.53. The molecule has 2 aliphatic rings. The summed E-state index contributed by atoms with van der Waals surface area (Å²) in [4.78, 5) is 19.0. The Morgan fingerprint density at radius 3 is 2.96 bits per heavy atom. The van der Waals surface area contributed by atoms with E-state index in [-0.39, 0.29) is 11.9 Å². The molecule has 1 aromatic heterocycles. The number of carbonyl (C=O) groups is 1. The first-order valence-corrected chi connectivity index (χ1v) is 10.1. The summed E-state index contributed by atoms with van der Waals surface area (Å²) >= 11 is 0. The molecule has 0 radical (unpaired) electrons. The highest BCUT2D eigenvalue weighted by Crippen LogP contribution is 2.26. The smallest absolute Gasteiger partial charge is 0.251 e. The molecule has 1 saturated heterocycles. The van der Waals surface area contributed by atoms with E-state index in [9.17, 15) is 4.79 Å². The maximum Gasteiger partial charge on any atom is 0.251 e. The van der Waals surface area contributed by atoms with Gasteiger partial charge in [0.25, 0.3) is 5.89 Å². The van der Waals surface area contributed by atoms with Crippen LogP contribution in [0.15, 0.2) is 28.8 Å². The van der Waals surface area contributed by atoms with Gasteiger partial charge in [0, 0.05) is 13.0 Å². The normalized spacial score (nSPS) is 20.5. The molecule has 1 aromatic carbocycles. The number of amides is 1. The minimum absolute atomic E-state index is 0.0752. The van der Waals surface area contributed by atoms with Gasteiger partial charge in [0.1, 0.15) is 11.8 Å². The minimum Gasteiger partial charge on any atom is -0.490 e. The SMILES string of the molecule is Cc1noc([C@H]2COCCN2C(=O)CCc2cccc(OC3CCCC3)c2)n1. The fraction of sp³-hybridized carbons (Fsp3) is 0.571. The lowest BCUT2D eigenvalue weighted by molar-refractivity contribution is -0.141. The van der Waals surface area contributed by atoms with Crippen molar-refractivity contribution in [3.63, 3.8) is 0 Å². The van der Waals surface area contributed by atoms with Crippen LogP contribution < -0.4 is 4.74 Å². The van der Waals surface area contributed by atoms with Crippen LogP contribution in [-0.2, 0) is 16.0 Å². The third-order valence-electron chi connectivity index (χ3n) is 5.41. The van der Waals surface area contributed by atoms with E-state index in [1.165, 1.54) is 12.8 Å². The molecular weight excluding hydrogens is 358 g/mol. The van der Waals surface area contributed by atoms with E-state index in [2.05, 4.69) is 16.2 Å². The molecule has 0 bridgehead atoms. The molecule has 0 N–H and O–H groups in total. The van der Waals surface area contributed by atoms with Gasteiger partial charge >= 0.3 is 0 Å². The molecule has 0 spiro atoms. The first kappa shape index (κ1) is 18.9. The van der Waals surface area contributed by atoms with Crippen molar-refractivity contribution >= 4 is 5.91 Å². The average Bonchev–Trinajstić information content (AvgIpc) is 3.38. The molecule has 150 valence electrons. The average molecular weight is 385 g/mol.